The molecule has 14 nitrogen and oxygen atoms in total. The van der Waals surface area contributed by atoms with E-state index in [1.807, 2.05) is 27.9 Å². The zero-order valence-corrected chi connectivity index (χ0v) is 37.8. The second-order valence-electron chi connectivity index (χ2n) is 15.1. The van der Waals surface area contributed by atoms with Gasteiger partial charge in [0.1, 0.15) is 0 Å². The standard InChI is InChI=1S/C20H41NO3.C11H23NO2.C8H17NO2.C3H8O.H2O2.H2O/c1-4-5-6-7-8-9-10-11-12-16-19-24-20(22)17-14-13-15-18-21(2,3)23;1-4-10-14-11(13)8-6-5-7-9-12(2)3;1-9(2)7-5-3-4-6-8(10)11;1-2-3-4;1-2;/h4-19H2,1-3H3;4-10H2,1-3H3;3-7H2,1-2H3,(H,10,11);4H,2-3H2,1H3;1-2H;1H2. The van der Waals surface area contributed by atoms with Gasteiger partial charge in [0.05, 0.1) is 33.9 Å². The van der Waals surface area contributed by atoms with Crippen molar-refractivity contribution in [3.63, 3.8) is 0 Å². The Morgan fingerprint density at radius 3 is 1.25 bits per heavy atom. The van der Waals surface area contributed by atoms with Crippen molar-refractivity contribution >= 4 is 17.9 Å². The first kappa shape index (κ1) is 65.9. The lowest BCUT2D eigenvalue weighted by Gasteiger charge is -2.33. The van der Waals surface area contributed by atoms with Gasteiger partial charge in [0.15, 0.2) is 0 Å². The number of carbonyl (C=O) groups excluding carboxylic acids is 2. The fraction of sp³-hybridized carbons (Fsp3) is 0.929. The van der Waals surface area contributed by atoms with Gasteiger partial charge in [-0.1, -0.05) is 91.4 Å². The summed E-state index contributed by atoms with van der Waals surface area (Å²) in [6.45, 7) is 10.4. The van der Waals surface area contributed by atoms with Gasteiger partial charge in [0.25, 0.3) is 0 Å². The van der Waals surface area contributed by atoms with Crippen molar-refractivity contribution in [3.05, 3.63) is 5.21 Å². The van der Waals surface area contributed by atoms with Crippen LogP contribution in [0.4, 0.5) is 0 Å². The second kappa shape index (κ2) is 55.2. The molecule has 0 unspecified atom stereocenters. The van der Waals surface area contributed by atoms with E-state index in [4.69, 9.17) is 30.2 Å². The molecule has 0 atom stereocenters. The first-order chi connectivity index (χ1) is 26.2. The summed E-state index contributed by atoms with van der Waals surface area (Å²) >= 11 is 0. The summed E-state index contributed by atoms with van der Waals surface area (Å²) in [5, 5.41) is 39.6. The number of carbonyl (C=O) groups is 3. The van der Waals surface area contributed by atoms with Crippen LogP contribution in [0.5, 0.6) is 0 Å². The summed E-state index contributed by atoms with van der Waals surface area (Å²) in [5.41, 5.74) is 0. The molecular formula is C42H93N3O11. The van der Waals surface area contributed by atoms with Gasteiger partial charge >= 0.3 is 17.9 Å². The number of quaternary nitrogens is 1. The Balaban J connectivity index is -0.000000166. The number of hydroxylamine groups is 3. The smallest absolute Gasteiger partial charge is 0.305 e. The van der Waals surface area contributed by atoms with E-state index in [1.165, 1.54) is 57.8 Å². The number of aliphatic carboxylic acids is 1. The van der Waals surface area contributed by atoms with Gasteiger partial charge in [-0.15, -0.1) is 0 Å². The highest BCUT2D eigenvalue weighted by atomic mass is 17.0. The maximum atomic E-state index is 11.6. The first-order valence-corrected chi connectivity index (χ1v) is 21.3. The van der Waals surface area contributed by atoms with E-state index >= 15 is 0 Å². The minimum Gasteiger partial charge on any atom is -0.633 e. The summed E-state index contributed by atoms with van der Waals surface area (Å²) in [6, 6.07) is 0. The molecule has 0 spiro atoms. The fourth-order valence-corrected chi connectivity index (χ4v) is 4.83. The van der Waals surface area contributed by atoms with Gasteiger partial charge in [0, 0.05) is 25.9 Å². The number of carboxylic acid groups (broad SMARTS) is 1. The monoisotopic (exact) mass is 816 g/mol. The Morgan fingerprint density at radius 2 is 0.893 bits per heavy atom. The predicted molar refractivity (Wildman–Crippen MR) is 231 cm³/mol. The number of esters is 2. The van der Waals surface area contributed by atoms with Crippen LogP contribution in [-0.4, -0.2) is 140 Å². The number of hydrogen-bond donors (Lipinski definition) is 4. The van der Waals surface area contributed by atoms with E-state index in [-0.39, 0.29) is 22.1 Å². The molecule has 0 rings (SSSR count). The molecule has 0 bridgehead atoms. The normalized spacial score (nSPS) is 10.3. The Kier molecular flexibility index (Phi) is 65.0. The Bertz CT molecular complexity index is 767. The molecule has 0 heterocycles. The number of nitrogens with zero attached hydrogens (tertiary/aromatic N) is 3. The van der Waals surface area contributed by atoms with Gasteiger partial charge < -0.3 is 44.8 Å². The number of carboxylic acids is 1. The highest BCUT2D eigenvalue weighted by Crippen LogP contribution is 2.11. The van der Waals surface area contributed by atoms with Crippen molar-refractivity contribution in [3.8, 4) is 0 Å². The second-order valence-corrected chi connectivity index (χ2v) is 15.1. The third kappa shape index (κ3) is 80.5. The van der Waals surface area contributed by atoms with E-state index < -0.39 is 5.97 Å². The molecule has 14 heteroatoms. The van der Waals surface area contributed by atoms with E-state index in [9.17, 15) is 19.6 Å². The third-order valence-corrected chi connectivity index (χ3v) is 8.01. The molecule has 0 aliphatic rings. The van der Waals surface area contributed by atoms with E-state index in [0.717, 1.165) is 90.1 Å². The Morgan fingerprint density at radius 1 is 0.536 bits per heavy atom. The van der Waals surface area contributed by atoms with Crippen LogP contribution in [-0.2, 0) is 23.9 Å². The number of unbranched alkanes of at least 4 members (excludes halogenated alkanes) is 15. The molecule has 0 saturated carbocycles. The average Bonchev–Trinajstić information content (AvgIpc) is 3.13. The molecule has 342 valence electrons. The number of rotatable bonds is 32. The van der Waals surface area contributed by atoms with Crippen LogP contribution < -0.4 is 0 Å². The molecule has 0 aliphatic carbocycles. The topological polar surface area (TPSA) is 212 Å². The van der Waals surface area contributed by atoms with E-state index in [1.54, 1.807) is 14.1 Å². The molecule has 0 aromatic carbocycles. The maximum absolute atomic E-state index is 11.6. The molecule has 0 fully saturated rings. The quantitative estimate of drug-likeness (QED) is 0.0166. The van der Waals surface area contributed by atoms with Gasteiger partial charge in [0.2, 0.25) is 0 Å². The van der Waals surface area contributed by atoms with Crippen LogP contribution in [0.15, 0.2) is 0 Å². The molecule has 0 aromatic rings. The van der Waals surface area contributed by atoms with Gasteiger partial charge in [-0.25, -0.2) is 0 Å². The van der Waals surface area contributed by atoms with Gasteiger partial charge in [-0.05, 0) is 105 Å². The van der Waals surface area contributed by atoms with Gasteiger partial charge in [-0.2, -0.15) is 0 Å². The molecule has 0 aromatic heterocycles. The molecular weight excluding hydrogens is 722 g/mol. The van der Waals surface area contributed by atoms with Crippen molar-refractivity contribution in [1.29, 1.82) is 0 Å². The van der Waals surface area contributed by atoms with Crippen molar-refractivity contribution in [2.24, 2.45) is 0 Å². The average molecular weight is 816 g/mol. The first-order valence-electron chi connectivity index (χ1n) is 21.3. The lowest BCUT2D eigenvalue weighted by Crippen LogP contribution is -2.32. The van der Waals surface area contributed by atoms with Crippen molar-refractivity contribution in [2.45, 2.75) is 175 Å². The summed E-state index contributed by atoms with van der Waals surface area (Å²) in [6.07, 6.45) is 24.9. The fourth-order valence-electron chi connectivity index (χ4n) is 4.83. The number of aliphatic hydroxyl groups is 1. The highest BCUT2D eigenvalue weighted by Gasteiger charge is 2.05. The molecule has 0 amide bonds. The molecule has 6 N–H and O–H groups in total. The van der Waals surface area contributed by atoms with Crippen LogP contribution in [0.1, 0.15) is 175 Å². The molecule has 0 saturated heterocycles. The Labute approximate surface area is 343 Å². The van der Waals surface area contributed by atoms with Crippen molar-refractivity contribution in [2.75, 3.05) is 81.7 Å². The number of ether oxygens (including phenoxy) is 2. The summed E-state index contributed by atoms with van der Waals surface area (Å²) in [4.78, 5) is 37.0. The van der Waals surface area contributed by atoms with Crippen LogP contribution in [0.25, 0.3) is 0 Å². The Hall–Kier alpha value is -1.91. The lowest BCUT2D eigenvalue weighted by molar-refractivity contribution is -0.840. The van der Waals surface area contributed by atoms with Crippen molar-refractivity contribution < 1.29 is 54.7 Å². The number of aliphatic hydroxyl groups excluding tert-OH is 1. The predicted octanol–water partition coefficient (Wildman–Crippen LogP) is 8.42. The van der Waals surface area contributed by atoms with Crippen LogP contribution in [0.2, 0.25) is 0 Å². The summed E-state index contributed by atoms with van der Waals surface area (Å²) in [5.74, 6) is -0.812. The highest BCUT2D eigenvalue weighted by molar-refractivity contribution is 5.69. The van der Waals surface area contributed by atoms with E-state index in [2.05, 4.69) is 30.8 Å². The van der Waals surface area contributed by atoms with Crippen LogP contribution in [0.3, 0.4) is 0 Å². The largest absolute Gasteiger partial charge is 0.633 e. The lowest BCUT2D eigenvalue weighted by atomic mass is 10.1. The molecule has 0 aliphatic heterocycles. The summed E-state index contributed by atoms with van der Waals surface area (Å²) in [7, 11) is 11.5. The summed E-state index contributed by atoms with van der Waals surface area (Å²) < 4.78 is 9.98. The number of hydrogen-bond acceptors (Lipinski definition) is 11. The van der Waals surface area contributed by atoms with Crippen molar-refractivity contribution in [1.82, 2.24) is 9.80 Å². The molecule has 0 radical (unpaired) electrons. The maximum Gasteiger partial charge on any atom is 0.305 e. The minimum atomic E-state index is -0.685. The van der Waals surface area contributed by atoms with Crippen LogP contribution in [0, 0.1) is 5.21 Å². The van der Waals surface area contributed by atoms with Gasteiger partial charge in [-0.3, -0.25) is 24.9 Å². The van der Waals surface area contributed by atoms with Crippen LogP contribution >= 0.6 is 0 Å². The van der Waals surface area contributed by atoms with E-state index in [0.29, 0.717) is 45.6 Å². The minimum absolute atomic E-state index is 0. The zero-order valence-electron chi connectivity index (χ0n) is 37.8. The third-order valence-electron chi connectivity index (χ3n) is 8.01. The SMILES string of the molecule is CCCCCCCCCCCCOC(=O)CCCCC[N+](C)(C)[O-].CCCO.CCCOC(=O)CCCCCN(C)C.CN(C)CCCCCC(=O)O.O.OO. The zero-order chi connectivity index (χ0) is 43.0. The molecule has 56 heavy (non-hydrogen) atoms.